The van der Waals surface area contributed by atoms with Crippen molar-refractivity contribution in [3.05, 3.63) is 18.2 Å². The Morgan fingerprint density at radius 2 is 2.54 bits per heavy atom. The van der Waals surface area contributed by atoms with E-state index < -0.39 is 6.10 Å². The maximum atomic E-state index is 9.74. The quantitative estimate of drug-likeness (QED) is 0.710. The van der Waals surface area contributed by atoms with Crippen molar-refractivity contribution in [2.45, 2.75) is 25.0 Å². The van der Waals surface area contributed by atoms with Crippen molar-refractivity contribution in [1.82, 2.24) is 14.9 Å². The van der Waals surface area contributed by atoms with E-state index >= 15 is 0 Å². The lowest BCUT2D eigenvalue weighted by atomic mass is 10.2. The first-order valence-electron chi connectivity index (χ1n) is 4.67. The number of nitrogens with zero attached hydrogens (tertiary/aromatic N) is 2. The maximum Gasteiger partial charge on any atom is 0.108 e. The molecule has 2 N–H and O–H groups in total. The summed E-state index contributed by atoms with van der Waals surface area (Å²) in [6.45, 7) is 0.582. The monoisotopic (exact) mass is 181 g/mol. The van der Waals surface area contributed by atoms with E-state index in [-0.39, 0.29) is 0 Å². The van der Waals surface area contributed by atoms with E-state index in [1.807, 2.05) is 13.4 Å². The summed E-state index contributed by atoms with van der Waals surface area (Å²) < 4.78 is 2.09. The number of imidazole rings is 1. The van der Waals surface area contributed by atoms with Crippen molar-refractivity contribution in [1.29, 1.82) is 0 Å². The Kier molecular flexibility index (Phi) is 2.33. The second kappa shape index (κ2) is 3.47. The number of aromatic nitrogens is 2. The molecule has 1 atom stereocenters. The van der Waals surface area contributed by atoms with Gasteiger partial charge in [-0.25, -0.2) is 4.98 Å². The van der Waals surface area contributed by atoms with Gasteiger partial charge in [-0.15, -0.1) is 0 Å². The lowest BCUT2D eigenvalue weighted by Gasteiger charge is -2.12. The summed E-state index contributed by atoms with van der Waals surface area (Å²) in [7, 11) is 1.83. The molecule has 0 aliphatic heterocycles. The molecule has 1 aromatic rings. The first-order valence-corrected chi connectivity index (χ1v) is 4.67. The van der Waals surface area contributed by atoms with Gasteiger partial charge < -0.3 is 15.0 Å². The van der Waals surface area contributed by atoms with Gasteiger partial charge >= 0.3 is 0 Å². The van der Waals surface area contributed by atoms with E-state index in [1.165, 1.54) is 12.8 Å². The predicted octanol–water partition coefficient (Wildman–Crippen LogP) is 0.471. The van der Waals surface area contributed by atoms with E-state index in [4.69, 9.17) is 0 Å². The summed E-state index contributed by atoms with van der Waals surface area (Å²) in [5.74, 6) is 0. The molecule has 4 heteroatoms. The van der Waals surface area contributed by atoms with Gasteiger partial charge in [-0.3, -0.25) is 0 Å². The number of hydrogen-bond acceptors (Lipinski definition) is 3. The van der Waals surface area contributed by atoms with Gasteiger partial charge in [0, 0.05) is 12.6 Å². The van der Waals surface area contributed by atoms with Crippen LogP contribution in [0.5, 0.6) is 0 Å². The third-order valence-corrected chi connectivity index (χ3v) is 2.38. The molecule has 1 aliphatic carbocycles. The lowest BCUT2D eigenvalue weighted by molar-refractivity contribution is 0.168. The maximum absolute atomic E-state index is 9.74. The van der Waals surface area contributed by atoms with Gasteiger partial charge in [0.15, 0.2) is 0 Å². The van der Waals surface area contributed by atoms with Crippen LogP contribution in [0, 0.1) is 0 Å². The zero-order valence-corrected chi connectivity index (χ0v) is 7.77. The summed E-state index contributed by atoms with van der Waals surface area (Å²) in [5.41, 5.74) is 0.928. The standard InChI is InChI=1S/C9H15N3O/c1-10-5-9(13)8-4-11-6-12(8)7-2-3-7/h4,6-7,9-10,13H,2-3,5H2,1H3. The van der Waals surface area contributed by atoms with E-state index in [2.05, 4.69) is 14.9 Å². The molecule has 2 rings (SSSR count). The van der Waals surface area contributed by atoms with Gasteiger partial charge in [-0.1, -0.05) is 0 Å². The van der Waals surface area contributed by atoms with E-state index in [9.17, 15) is 5.11 Å². The van der Waals surface area contributed by atoms with Gasteiger partial charge in [0.2, 0.25) is 0 Å². The lowest BCUT2D eigenvalue weighted by Crippen LogP contribution is -2.19. The summed E-state index contributed by atoms with van der Waals surface area (Å²) in [5, 5.41) is 12.7. The summed E-state index contributed by atoms with van der Waals surface area (Å²) in [6.07, 6.45) is 5.56. The number of rotatable bonds is 4. The normalized spacial score (nSPS) is 18.9. The van der Waals surface area contributed by atoms with Crippen LogP contribution in [0.2, 0.25) is 0 Å². The largest absolute Gasteiger partial charge is 0.385 e. The molecule has 4 nitrogen and oxygen atoms in total. The topological polar surface area (TPSA) is 50.1 Å². The van der Waals surface area contributed by atoms with Crippen molar-refractivity contribution >= 4 is 0 Å². The van der Waals surface area contributed by atoms with Crippen LogP contribution in [-0.4, -0.2) is 28.3 Å². The summed E-state index contributed by atoms with van der Waals surface area (Å²) >= 11 is 0. The van der Waals surface area contributed by atoms with Crippen molar-refractivity contribution < 1.29 is 5.11 Å². The number of aliphatic hydroxyl groups excluding tert-OH is 1. The Hall–Kier alpha value is -0.870. The van der Waals surface area contributed by atoms with E-state index in [1.54, 1.807) is 6.20 Å². The third kappa shape index (κ3) is 1.73. The average molecular weight is 181 g/mol. The molecule has 0 radical (unpaired) electrons. The fraction of sp³-hybridized carbons (Fsp3) is 0.667. The van der Waals surface area contributed by atoms with Crippen LogP contribution in [0.1, 0.15) is 30.7 Å². The smallest absolute Gasteiger partial charge is 0.108 e. The predicted molar refractivity (Wildman–Crippen MR) is 49.4 cm³/mol. The molecule has 0 spiro atoms. The summed E-state index contributed by atoms with van der Waals surface area (Å²) in [4.78, 5) is 4.06. The Balaban J connectivity index is 2.13. The minimum Gasteiger partial charge on any atom is -0.385 e. The molecule has 1 aliphatic rings. The number of aliphatic hydroxyl groups is 1. The fourth-order valence-corrected chi connectivity index (χ4v) is 1.53. The highest BCUT2D eigenvalue weighted by molar-refractivity contribution is 5.07. The van der Waals surface area contributed by atoms with Gasteiger partial charge in [0.1, 0.15) is 6.10 Å². The van der Waals surface area contributed by atoms with Crippen LogP contribution in [0.15, 0.2) is 12.5 Å². The molecule has 13 heavy (non-hydrogen) atoms. The first-order chi connectivity index (χ1) is 6.33. The van der Waals surface area contributed by atoms with Gasteiger partial charge in [-0.2, -0.15) is 0 Å². The van der Waals surface area contributed by atoms with E-state index in [0.29, 0.717) is 12.6 Å². The molecule has 1 saturated carbocycles. The van der Waals surface area contributed by atoms with Crippen molar-refractivity contribution in [2.75, 3.05) is 13.6 Å². The number of nitrogens with one attached hydrogen (secondary N) is 1. The Morgan fingerprint density at radius 1 is 1.77 bits per heavy atom. The molecule has 0 aromatic carbocycles. The zero-order chi connectivity index (χ0) is 9.26. The average Bonchev–Trinajstić information content (AvgIpc) is 2.84. The van der Waals surface area contributed by atoms with Gasteiger partial charge in [-0.05, 0) is 19.9 Å². The van der Waals surface area contributed by atoms with Crippen LogP contribution in [0.4, 0.5) is 0 Å². The molecular formula is C9H15N3O. The molecule has 1 fully saturated rings. The Labute approximate surface area is 77.6 Å². The zero-order valence-electron chi connectivity index (χ0n) is 7.77. The number of likely N-dealkylation sites (N-methyl/N-ethyl adjacent to an activating group) is 1. The second-order valence-corrected chi connectivity index (χ2v) is 3.53. The Bertz CT molecular complexity index is 280. The van der Waals surface area contributed by atoms with Crippen molar-refractivity contribution in [3.63, 3.8) is 0 Å². The van der Waals surface area contributed by atoms with Crippen LogP contribution in [0.3, 0.4) is 0 Å². The van der Waals surface area contributed by atoms with Crippen molar-refractivity contribution in [3.8, 4) is 0 Å². The van der Waals surface area contributed by atoms with E-state index in [0.717, 1.165) is 5.69 Å². The van der Waals surface area contributed by atoms with Gasteiger partial charge in [0.25, 0.3) is 0 Å². The Morgan fingerprint density at radius 3 is 3.15 bits per heavy atom. The van der Waals surface area contributed by atoms with Gasteiger partial charge in [0.05, 0.1) is 18.2 Å². The molecule has 0 amide bonds. The number of hydrogen-bond donors (Lipinski definition) is 2. The second-order valence-electron chi connectivity index (χ2n) is 3.53. The molecular weight excluding hydrogens is 166 g/mol. The molecule has 0 bridgehead atoms. The van der Waals surface area contributed by atoms with Crippen LogP contribution in [0.25, 0.3) is 0 Å². The fourth-order valence-electron chi connectivity index (χ4n) is 1.53. The molecule has 1 unspecified atom stereocenters. The highest BCUT2D eigenvalue weighted by atomic mass is 16.3. The van der Waals surface area contributed by atoms with Crippen LogP contribution < -0.4 is 5.32 Å². The highest BCUT2D eigenvalue weighted by Gasteiger charge is 2.26. The third-order valence-electron chi connectivity index (χ3n) is 2.38. The molecule has 0 saturated heterocycles. The molecule has 1 heterocycles. The van der Waals surface area contributed by atoms with Crippen molar-refractivity contribution in [2.24, 2.45) is 0 Å². The minimum absolute atomic E-state index is 0.437. The molecule has 72 valence electrons. The highest BCUT2D eigenvalue weighted by Crippen LogP contribution is 2.36. The van der Waals surface area contributed by atoms with Crippen LogP contribution in [-0.2, 0) is 0 Å². The minimum atomic E-state index is -0.437. The SMILES string of the molecule is CNCC(O)c1cncn1C1CC1. The first kappa shape index (κ1) is 8.72. The van der Waals surface area contributed by atoms with Crippen LogP contribution >= 0.6 is 0 Å². The summed E-state index contributed by atoms with van der Waals surface area (Å²) in [6, 6.07) is 0.587. The molecule has 1 aromatic heterocycles.